The van der Waals surface area contributed by atoms with Gasteiger partial charge in [-0.15, -0.1) is 12.1 Å². The molecule has 5 rings (SSSR count). The molecule has 2 heterocycles. The van der Waals surface area contributed by atoms with E-state index in [0.717, 1.165) is 45.5 Å². The van der Waals surface area contributed by atoms with Crippen LogP contribution in [0.1, 0.15) is 45.2 Å². The van der Waals surface area contributed by atoms with Gasteiger partial charge in [-0.3, -0.25) is 8.99 Å². The predicted octanol–water partition coefficient (Wildman–Crippen LogP) is 8.43. The molecule has 0 saturated carbocycles. The normalized spacial score (nSPS) is 14.7. The molecular formula is C31H31NO. The number of hydrogen-bond acceptors (Lipinski definition) is 0. The number of hydrogen-bond donors (Lipinski definition) is 0. The van der Waals surface area contributed by atoms with E-state index in [1.165, 1.54) is 22.3 Å². The predicted molar refractivity (Wildman–Crippen MR) is 140 cm³/mol. The van der Waals surface area contributed by atoms with Crippen LogP contribution in [0, 0.1) is 18.4 Å². The molecule has 2 nitrogen and oxygen atoms in total. The van der Waals surface area contributed by atoms with Crippen molar-refractivity contribution in [2.24, 2.45) is 5.41 Å². The van der Waals surface area contributed by atoms with E-state index >= 15 is 0 Å². The topological polar surface area (TPSA) is 14.3 Å². The molecular weight excluding hydrogens is 402 g/mol. The minimum atomic E-state index is 0.212. The first-order valence-corrected chi connectivity index (χ1v) is 11.6. The summed E-state index contributed by atoms with van der Waals surface area (Å²) < 4.78 is 8.56. The van der Waals surface area contributed by atoms with Gasteiger partial charge < -0.3 is 0 Å². The van der Waals surface area contributed by atoms with Crippen molar-refractivity contribution in [2.75, 3.05) is 0 Å². The van der Waals surface area contributed by atoms with Crippen molar-refractivity contribution in [3.8, 4) is 11.1 Å². The van der Waals surface area contributed by atoms with Crippen LogP contribution in [0.2, 0.25) is 0 Å². The van der Waals surface area contributed by atoms with Gasteiger partial charge in [0, 0.05) is 0 Å². The Bertz CT molecular complexity index is 1440. The largest absolute Gasteiger partial charge is 0.286 e. The molecule has 0 atom stereocenters. The van der Waals surface area contributed by atoms with Gasteiger partial charge in [0.05, 0.1) is 12.3 Å². The first-order valence-electron chi connectivity index (χ1n) is 11.6. The Kier molecular flexibility index (Phi) is 5.05. The van der Waals surface area contributed by atoms with Crippen LogP contribution in [0.15, 0.2) is 88.5 Å². The van der Waals surface area contributed by atoms with Crippen LogP contribution >= 0.6 is 0 Å². The van der Waals surface area contributed by atoms with E-state index < -0.39 is 0 Å². The van der Waals surface area contributed by atoms with Gasteiger partial charge >= 0.3 is 0 Å². The fourth-order valence-electron chi connectivity index (χ4n) is 4.79. The molecule has 0 amide bonds. The maximum Gasteiger partial charge on any atom is 0.279 e. The van der Waals surface area contributed by atoms with E-state index in [1.54, 1.807) is 0 Å². The molecule has 0 bridgehead atoms. The lowest BCUT2D eigenvalue weighted by Gasteiger charge is -2.27. The summed E-state index contributed by atoms with van der Waals surface area (Å²) >= 11 is 0. The molecule has 0 aliphatic carbocycles. The number of aryl methyl sites for hydroxylation is 1. The van der Waals surface area contributed by atoms with Crippen molar-refractivity contribution < 1.29 is 8.99 Å². The van der Waals surface area contributed by atoms with Gasteiger partial charge in [0.15, 0.2) is 6.04 Å². The number of fused-ring (bicyclic) bond motifs is 3. The van der Waals surface area contributed by atoms with Crippen molar-refractivity contribution in [2.45, 2.75) is 41.0 Å². The van der Waals surface area contributed by atoms with Crippen molar-refractivity contribution >= 4 is 28.7 Å². The third-order valence-electron chi connectivity index (χ3n) is 6.41. The summed E-state index contributed by atoms with van der Waals surface area (Å²) in [7, 11) is 0. The zero-order valence-electron chi connectivity index (χ0n) is 20.2. The summed E-state index contributed by atoms with van der Waals surface area (Å²) in [5.74, 6) is 0. The Hall–Kier alpha value is -3.52. The van der Waals surface area contributed by atoms with Gasteiger partial charge in [-0.05, 0) is 47.2 Å². The zero-order chi connectivity index (χ0) is 23.3. The maximum absolute atomic E-state index is 6.57. The summed E-state index contributed by atoms with van der Waals surface area (Å²) in [5, 5.41) is 2.28. The smallest absolute Gasteiger partial charge is 0.279 e. The van der Waals surface area contributed by atoms with Gasteiger partial charge in [-0.2, -0.15) is 0 Å². The zero-order valence-corrected chi connectivity index (χ0v) is 20.2. The van der Waals surface area contributed by atoms with Gasteiger partial charge in [0.25, 0.3) is 11.2 Å². The first kappa shape index (κ1) is 21.3. The van der Waals surface area contributed by atoms with E-state index in [-0.39, 0.29) is 5.41 Å². The van der Waals surface area contributed by atoms with Crippen molar-refractivity contribution in [1.82, 2.24) is 0 Å². The van der Waals surface area contributed by atoms with Crippen LogP contribution in [0.4, 0.5) is 0 Å². The standard InChI is InChI=1S/C31H31NO/c1-20-12-14-26-25-15-13-23(22-10-8-7-9-11-22)17-28(25)33-30(26)29(20)27-16-24(18-31(3,4)5)21(2)19-32(27)6/h7-17,19H,6,18H2,1-5H3. The maximum atomic E-state index is 6.57. The fourth-order valence-corrected chi connectivity index (χ4v) is 4.79. The molecule has 0 fully saturated rings. The van der Waals surface area contributed by atoms with Crippen LogP contribution in [0.3, 0.4) is 0 Å². The van der Waals surface area contributed by atoms with E-state index in [2.05, 4.69) is 108 Å². The average molecular weight is 434 g/mol. The molecule has 0 N–H and O–H groups in total. The molecule has 0 spiro atoms. The van der Waals surface area contributed by atoms with Crippen LogP contribution in [0.5, 0.6) is 0 Å². The average Bonchev–Trinajstić information content (AvgIpc) is 3.13. The number of allylic oxidation sites excluding steroid dienone is 2. The quantitative estimate of drug-likeness (QED) is 0.180. The first-order chi connectivity index (χ1) is 15.7. The lowest BCUT2D eigenvalue weighted by Crippen LogP contribution is -2.19. The summed E-state index contributed by atoms with van der Waals surface area (Å²) in [5.41, 5.74) is 9.34. The highest BCUT2D eigenvalue weighted by Gasteiger charge is 2.28. The number of benzene rings is 3. The Labute approximate surface area is 196 Å². The summed E-state index contributed by atoms with van der Waals surface area (Å²) in [6, 6.07) is 22.4. The highest BCUT2D eigenvalue weighted by molar-refractivity contribution is 6.07. The number of furan rings is 1. The van der Waals surface area contributed by atoms with Crippen LogP contribution in [-0.2, 0) is 0 Å². The van der Waals surface area contributed by atoms with Gasteiger partial charge in [0.2, 0.25) is 0 Å². The van der Waals surface area contributed by atoms with Crippen molar-refractivity contribution in [3.63, 3.8) is 0 Å². The third-order valence-corrected chi connectivity index (χ3v) is 6.41. The van der Waals surface area contributed by atoms with Gasteiger partial charge in [-0.1, -0.05) is 92.4 Å². The Morgan fingerprint density at radius 2 is 1.70 bits per heavy atom. The number of rotatable bonds is 3. The summed E-state index contributed by atoms with van der Waals surface area (Å²) in [4.78, 5) is 0. The molecule has 33 heavy (non-hydrogen) atoms. The van der Waals surface area contributed by atoms with Crippen molar-refractivity contribution in [3.05, 3.63) is 101 Å². The second-order valence-electron chi connectivity index (χ2n) is 10.4. The van der Waals surface area contributed by atoms with E-state index in [0.29, 0.717) is 0 Å². The number of nitrogens with zero attached hydrogens (tertiary/aromatic N) is 1. The summed E-state index contributed by atoms with van der Waals surface area (Å²) in [6.45, 7) is 15.5. The Morgan fingerprint density at radius 1 is 0.939 bits per heavy atom. The Morgan fingerprint density at radius 3 is 2.42 bits per heavy atom. The van der Waals surface area contributed by atoms with E-state index in [1.807, 2.05) is 10.6 Å². The molecule has 3 aromatic carbocycles. The third kappa shape index (κ3) is 3.91. The summed E-state index contributed by atoms with van der Waals surface area (Å²) in [6.07, 6.45) is 5.46. The molecule has 0 unspecified atom stereocenters. The lowest BCUT2D eigenvalue weighted by molar-refractivity contribution is -0.419. The molecule has 1 aromatic heterocycles. The minimum Gasteiger partial charge on any atom is -0.286 e. The van der Waals surface area contributed by atoms with Gasteiger partial charge in [-0.25, -0.2) is 0 Å². The lowest BCUT2D eigenvalue weighted by atomic mass is 9.83. The highest BCUT2D eigenvalue weighted by atomic mass is 16.3. The molecule has 4 aromatic rings. The second kappa shape index (κ2) is 7.81. The molecule has 2 heteroatoms. The molecule has 1 aliphatic heterocycles. The molecule has 0 saturated heterocycles. The monoisotopic (exact) mass is 433 g/mol. The van der Waals surface area contributed by atoms with Gasteiger partial charge in [0.1, 0.15) is 6.20 Å². The second-order valence-corrected chi connectivity index (χ2v) is 10.4. The van der Waals surface area contributed by atoms with Crippen LogP contribution < -0.4 is 0 Å². The molecule has 0 radical (unpaired) electrons. The van der Waals surface area contributed by atoms with E-state index in [4.69, 9.17) is 4.42 Å². The van der Waals surface area contributed by atoms with Crippen LogP contribution in [-0.4, -0.2) is 11.3 Å². The van der Waals surface area contributed by atoms with Crippen molar-refractivity contribution in [1.29, 1.82) is 0 Å². The Balaban J connectivity index is 1.68. The molecule has 1 aliphatic rings. The van der Waals surface area contributed by atoms with E-state index in [9.17, 15) is 0 Å². The fraction of sp³-hybridized carbons (Fsp3) is 0.226. The highest BCUT2D eigenvalue weighted by Crippen LogP contribution is 2.40. The van der Waals surface area contributed by atoms with Crippen LogP contribution in [0.25, 0.3) is 33.1 Å². The molecule has 166 valence electrons. The minimum absolute atomic E-state index is 0.212. The SMILES string of the molecule is C=[N+]1C=C(C)C(CC(C)(C)C)=C[C-]1c1c(C)ccc2c1[o+][c-]1cc(-c3ccccc3)ccc21.